The third-order valence-electron chi connectivity index (χ3n) is 3.12. The molecule has 0 radical (unpaired) electrons. The van der Waals surface area contributed by atoms with E-state index < -0.39 is 0 Å². The smallest absolute Gasteiger partial charge is 0.00946 e. The molecule has 0 spiro atoms. The van der Waals surface area contributed by atoms with Gasteiger partial charge < -0.3 is 5.32 Å². The van der Waals surface area contributed by atoms with Crippen LogP contribution in [0.2, 0.25) is 0 Å². The molecule has 0 saturated heterocycles. The van der Waals surface area contributed by atoms with Gasteiger partial charge in [0, 0.05) is 6.04 Å². The lowest BCUT2D eigenvalue weighted by Gasteiger charge is -2.27. The van der Waals surface area contributed by atoms with E-state index in [1.807, 2.05) is 0 Å². The number of unbranched alkanes of at least 4 members (excludes halogenated alkanes) is 1. The zero-order valence-corrected chi connectivity index (χ0v) is 10.8. The fraction of sp³-hybridized carbons (Fsp3) is 1.00. The van der Waals surface area contributed by atoms with Crippen molar-refractivity contribution in [1.29, 1.82) is 0 Å². The topological polar surface area (TPSA) is 12.0 Å². The van der Waals surface area contributed by atoms with E-state index in [9.17, 15) is 0 Å². The maximum absolute atomic E-state index is 3.49. The zero-order chi connectivity index (χ0) is 11.0. The van der Waals surface area contributed by atoms with Gasteiger partial charge in [-0.2, -0.15) is 0 Å². The Bertz CT molecular complexity index is 120. The Morgan fingerprint density at radius 1 is 1.14 bits per heavy atom. The third kappa shape index (κ3) is 5.64. The van der Waals surface area contributed by atoms with Gasteiger partial charge in [0.25, 0.3) is 0 Å². The van der Waals surface area contributed by atoms with E-state index in [1.54, 1.807) is 0 Å². The lowest BCUT2D eigenvalue weighted by atomic mass is 9.86. The minimum atomic E-state index is 0.728. The number of rotatable bonds is 8. The van der Waals surface area contributed by atoms with Crippen LogP contribution in [0.3, 0.4) is 0 Å². The Morgan fingerprint density at radius 3 is 2.14 bits per heavy atom. The summed E-state index contributed by atoms with van der Waals surface area (Å²) in [5.41, 5.74) is 0. The van der Waals surface area contributed by atoms with Crippen LogP contribution in [0.15, 0.2) is 0 Å². The predicted molar refractivity (Wildman–Crippen MR) is 65.6 cm³/mol. The number of hydrogen-bond acceptors (Lipinski definition) is 1. The van der Waals surface area contributed by atoms with Crippen molar-refractivity contribution >= 4 is 0 Å². The van der Waals surface area contributed by atoms with E-state index in [2.05, 4.69) is 40.1 Å². The molecular formula is C13H29N. The van der Waals surface area contributed by atoms with Crippen LogP contribution in [-0.2, 0) is 0 Å². The van der Waals surface area contributed by atoms with E-state index in [0.717, 1.165) is 17.9 Å². The maximum atomic E-state index is 3.49. The van der Waals surface area contributed by atoms with Crippen LogP contribution in [0.4, 0.5) is 0 Å². The first-order valence-electron chi connectivity index (χ1n) is 6.32. The lowest BCUT2D eigenvalue weighted by Crippen LogP contribution is -2.34. The fourth-order valence-electron chi connectivity index (χ4n) is 2.21. The summed E-state index contributed by atoms with van der Waals surface area (Å²) in [6.07, 6.45) is 6.74. The van der Waals surface area contributed by atoms with Gasteiger partial charge >= 0.3 is 0 Å². The van der Waals surface area contributed by atoms with Crippen molar-refractivity contribution in [3.63, 3.8) is 0 Å². The quantitative estimate of drug-likeness (QED) is 0.626. The van der Waals surface area contributed by atoms with Crippen LogP contribution in [0.1, 0.15) is 59.8 Å². The molecule has 1 N–H and O–H groups in total. The Kier molecular flexibility index (Phi) is 8.26. The summed E-state index contributed by atoms with van der Waals surface area (Å²) < 4.78 is 0. The summed E-state index contributed by atoms with van der Waals surface area (Å²) in [6, 6.07) is 0.728. The van der Waals surface area contributed by atoms with Gasteiger partial charge in [0.1, 0.15) is 0 Å². The predicted octanol–water partition coefficient (Wildman–Crippen LogP) is 3.84. The summed E-state index contributed by atoms with van der Waals surface area (Å²) in [7, 11) is 2.11. The van der Waals surface area contributed by atoms with E-state index >= 15 is 0 Å². The minimum absolute atomic E-state index is 0.728. The molecule has 2 unspecified atom stereocenters. The highest BCUT2D eigenvalue weighted by atomic mass is 14.9. The van der Waals surface area contributed by atoms with E-state index in [0.29, 0.717) is 0 Å². The van der Waals surface area contributed by atoms with Gasteiger partial charge in [0.2, 0.25) is 0 Å². The SMILES string of the molecule is CCCCC(CC)C(CC(C)C)NC. The second kappa shape index (κ2) is 8.28. The summed E-state index contributed by atoms with van der Waals surface area (Å²) in [5.74, 6) is 1.69. The molecule has 14 heavy (non-hydrogen) atoms. The van der Waals surface area contributed by atoms with Gasteiger partial charge in [-0.3, -0.25) is 0 Å². The van der Waals surface area contributed by atoms with Gasteiger partial charge in [0.15, 0.2) is 0 Å². The molecule has 0 aliphatic rings. The molecule has 86 valence electrons. The van der Waals surface area contributed by atoms with Gasteiger partial charge in [-0.1, -0.05) is 47.0 Å². The van der Waals surface area contributed by atoms with Crippen LogP contribution in [0.25, 0.3) is 0 Å². The van der Waals surface area contributed by atoms with Crippen LogP contribution >= 0.6 is 0 Å². The zero-order valence-electron chi connectivity index (χ0n) is 10.8. The number of nitrogens with one attached hydrogen (secondary N) is 1. The molecule has 0 fully saturated rings. The fourth-order valence-corrected chi connectivity index (χ4v) is 2.21. The summed E-state index contributed by atoms with van der Waals surface area (Å²) in [4.78, 5) is 0. The molecule has 1 heteroatoms. The Morgan fingerprint density at radius 2 is 1.79 bits per heavy atom. The molecule has 0 heterocycles. The highest BCUT2D eigenvalue weighted by molar-refractivity contribution is 4.75. The molecule has 0 amide bonds. The standard InChI is InChI=1S/C13H29N/c1-6-8-9-12(7-2)13(14-5)10-11(3)4/h11-14H,6-10H2,1-5H3. The van der Waals surface area contributed by atoms with E-state index in [-0.39, 0.29) is 0 Å². The van der Waals surface area contributed by atoms with Gasteiger partial charge in [-0.05, 0) is 31.7 Å². The van der Waals surface area contributed by atoms with E-state index in [4.69, 9.17) is 0 Å². The monoisotopic (exact) mass is 199 g/mol. The molecule has 0 aromatic heterocycles. The van der Waals surface area contributed by atoms with Crippen LogP contribution < -0.4 is 5.32 Å². The van der Waals surface area contributed by atoms with Gasteiger partial charge in [-0.25, -0.2) is 0 Å². The second-order valence-electron chi connectivity index (χ2n) is 4.84. The Labute approximate surface area is 90.7 Å². The molecule has 0 aliphatic carbocycles. The Hall–Kier alpha value is -0.0400. The average Bonchev–Trinajstić information content (AvgIpc) is 2.16. The first-order chi connectivity index (χ1) is 6.65. The highest BCUT2D eigenvalue weighted by Gasteiger charge is 2.18. The molecule has 0 bridgehead atoms. The highest BCUT2D eigenvalue weighted by Crippen LogP contribution is 2.21. The molecule has 2 atom stereocenters. The summed E-state index contributed by atoms with van der Waals surface area (Å²) >= 11 is 0. The van der Waals surface area contributed by atoms with Crippen molar-refractivity contribution in [2.75, 3.05) is 7.05 Å². The maximum Gasteiger partial charge on any atom is 0.00946 e. The molecule has 1 nitrogen and oxygen atoms in total. The molecule has 0 aromatic carbocycles. The first-order valence-corrected chi connectivity index (χ1v) is 6.32. The van der Waals surface area contributed by atoms with Crippen molar-refractivity contribution in [1.82, 2.24) is 5.32 Å². The van der Waals surface area contributed by atoms with Crippen molar-refractivity contribution < 1.29 is 0 Å². The van der Waals surface area contributed by atoms with Crippen LogP contribution in [0.5, 0.6) is 0 Å². The normalized spacial score (nSPS) is 15.9. The molecule has 0 saturated carbocycles. The first kappa shape index (κ1) is 14.0. The van der Waals surface area contributed by atoms with Gasteiger partial charge in [0.05, 0.1) is 0 Å². The molecule has 0 aromatic rings. The molecule has 0 aliphatic heterocycles. The summed E-state index contributed by atoms with van der Waals surface area (Å²) in [5, 5.41) is 3.49. The van der Waals surface area contributed by atoms with Crippen LogP contribution in [0, 0.1) is 11.8 Å². The molecule has 0 rings (SSSR count). The van der Waals surface area contributed by atoms with Crippen molar-refractivity contribution in [3.8, 4) is 0 Å². The molecular weight excluding hydrogens is 170 g/mol. The van der Waals surface area contributed by atoms with Crippen molar-refractivity contribution in [2.24, 2.45) is 11.8 Å². The number of hydrogen-bond donors (Lipinski definition) is 1. The van der Waals surface area contributed by atoms with Gasteiger partial charge in [-0.15, -0.1) is 0 Å². The minimum Gasteiger partial charge on any atom is -0.317 e. The Balaban J connectivity index is 4.00. The van der Waals surface area contributed by atoms with Crippen LogP contribution in [-0.4, -0.2) is 13.1 Å². The second-order valence-corrected chi connectivity index (χ2v) is 4.84. The van der Waals surface area contributed by atoms with E-state index in [1.165, 1.54) is 32.1 Å². The summed E-state index contributed by atoms with van der Waals surface area (Å²) in [6.45, 7) is 9.24. The largest absolute Gasteiger partial charge is 0.317 e. The van der Waals surface area contributed by atoms with Crippen molar-refractivity contribution in [2.45, 2.75) is 65.8 Å². The average molecular weight is 199 g/mol. The third-order valence-corrected chi connectivity index (χ3v) is 3.12. The van der Waals surface area contributed by atoms with Crippen molar-refractivity contribution in [3.05, 3.63) is 0 Å². The lowest BCUT2D eigenvalue weighted by molar-refractivity contribution is 0.292.